The van der Waals surface area contributed by atoms with Gasteiger partial charge in [0.2, 0.25) is 0 Å². The predicted octanol–water partition coefficient (Wildman–Crippen LogP) is 3.64. The Hall–Kier alpha value is -3.41. The van der Waals surface area contributed by atoms with Crippen LogP contribution in [0.4, 0.5) is 0 Å². The molecule has 1 aromatic carbocycles. The molecule has 1 N–H and O–H groups in total. The lowest BCUT2D eigenvalue weighted by Crippen LogP contribution is -2.29. The maximum Gasteiger partial charge on any atom is 0.274 e. The van der Waals surface area contributed by atoms with E-state index in [2.05, 4.69) is 37.9 Å². The normalized spacial score (nSPS) is 12.2. The van der Waals surface area contributed by atoms with Crippen LogP contribution in [0, 0.1) is 0 Å². The third-order valence-electron chi connectivity index (χ3n) is 4.96. The van der Waals surface area contributed by atoms with Crippen LogP contribution in [0.5, 0.6) is 0 Å². The first-order valence-corrected chi connectivity index (χ1v) is 8.89. The van der Waals surface area contributed by atoms with Gasteiger partial charge < -0.3 is 9.47 Å². The molecule has 0 radical (unpaired) electrons. The quantitative estimate of drug-likeness (QED) is 0.591. The number of carbonyl (C=O) groups excluding carboxylic acids is 1. The van der Waals surface area contributed by atoms with Gasteiger partial charge in [-0.3, -0.25) is 14.9 Å². The standard InChI is InChI=1S/C21H21N5O/c1-15(16-7-10-22-11-8-16)25(2)21(27)19-13-18(23-24-19)14-26-12-9-17-5-3-4-6-20(17)26/h3-13,15H,14H2,1-2H3,(H,23,24). The van der Waals surface area contributed by atoms with E-state index in [1.165, 1.54) is 5.39 Å². The average Bonchev–Trinajstić information content (AvgIpc) is 3.35. The summed E-state index contributed by atoms with van der Waals surface area (Å²) in [4.78, 5) is 18.5. The second-order valence-corrected chi connectivity index (χ2v) is 6.65. The first-order chi connectivity index (χ1) is 13.1. The van der Waals surface area contributed by atoms with Gasteiger partial charge in [-0.2, -0.15) is 5.10 Å². The van der Waals surface area contributed by atoms with Gasteiger partial charge in [0.1, 0.15) is 5.69 Å². The van der Waals surface area contributed by atoms with Gasteiger partial charge in [-0.1, -0.05) is 18.2 Å². The fraction of sp³-hybridized carbons (Fsp3) is 0.190. The second kappa shape index (κ2) is 7.07. The number of aromatic nitrogens is 4. The van der Waals surface area contributed by atoms with Crippen LogP contribution in [0.15, 0.2) is 67.1 Å². The minimum absolute atomic E-state index is 0.0611. The molecule has 0 bridgehead atoms. The molecule has 6 heteroatoms. The molecule has 0 aliphatic heterocycles. The number of benzene rings is 1. The van der Waals surface area contributed by atoms with Gasteiger partial charge in [0.05, 0.1) is 18.3 Å². The van der Waals surface area contributed by atoms with Gasteiger partial charge in [0, 0.05) is 31.2 Å². The van der Waals surface area contributed by atoms with Crippen molar-refractivity contribution in [2.24, 2.45) is 0 Å². The highest BCUT2D eigenvalue weighted by Gasteiger charge is 2.21. The summed E-state index contributed by atoms with van der Waals surface area (Å²) in [6.07, 6.45) is 5.51. The Kier molecular flexibility index (Phi) is 4.46. The number of amides is 1. The van der Waals surface area contributed by atoms with Crippen LogP contribution >= 0.6 is 0 Å². The van der Waals surface area contributed by atoms with Crippen molar-refractivity contribution < 1.29 is 4.79 Å². The molecule has 0 saturated heterocycles. The van der Waals surface area contributed by atoms with Crippen LogP contribution in [0.1, 0.15) is 34.7 Å². The Labute approximate surface area is 157 Å². The fourth-order valence-electron chi connectivity index (χ4n) is 3.24. The second-order valence-electron chi connectivity index (χ2n) is 6.65. The van der Waals surface area contributed by atoms with E-state index < -0.39 is 0 Å². The molecule has 27 heavy (non-hydrogen) atoms. The summed E-state index contributed by atoms with van der Waals surface area (Å²) in [5, 5.41) is 8.42. The summed E-state index contributed by atoms with van der Waals surface area (Å²) >= 11 is 0. The van der Waals surface area contributed by atoms with Crippen molar-refractivity contribution >= 4 is 16.8 Å². The molecule has 1 amide bonds. The third kappa shape index (κ3) is 3.33. The molecule has 3 aromatic heterocycles. The number of hydrogen-bond acceptors (Lipinski definition) is 3. The van der Waals surface area contributed by atoms with E-state index in [-0.39, 0.29) is 11.9 Å². The number of pyridine rings is 1. The predicted molar refractivity (Wildman–Crippen MR) is 104 cm³/mol. The Morgan fingerprint density at radius 3 is 2.78 bits per heavy atom. The van der Waals surface area contributed by atoms with E-state index in [9.17, 15) is 4.79 Å². The van der Waals surface area contributed by atoms with Gasteiger partial charge in [0.15, 0.2) is 0 Å². The zero-order valence-electron chi connectivity index (χ0n) is 15.3. The van der Waals surface area contributed by atoms with Crippen LogP contribution in [0.25, 0.3) is 10.9 Å². The topological polar surface area (TPSA) is 66.8 Å². The largest absolute Gasteiger partial charge is 0.341 e. The van der Waals surface area contributed by atoms with Crippen molar-refractivity contribution in [3.8, 4) is 0 Å². The summed E-state index contributed by atoms with van der Waals surface area (Å²) in [5.41, 5.74) is 3.51. The lowest BCUT2D eigenvalue weighted by Gasteiger charge is -2.24. The third-order valence-corrected chi connectivity index (χ3v) is 4.96. The maximum atomic E-state index is 12.8. The molecule has 1 atom stereocenters. The van der Waals surface area contributed by atoms with Crippen LogP contribution in [-0.2, 0) is 6.54 Å². The number of H-pyrrole nitrogens is 1. The lowest BCUT2D eigenvalue weighted by atomic mass is 10.1. The van der Waals surface area contributed by atoms with E-state index in [0.717, 1.165) is 16.8 Å². The number of hydrogen-bond donors (Lipinski definition) is 1. The van der Waals surface area contributed by atoms with E-state index >= 15 is 0 Å². The average molecular weight is 359 g/mol. The van der Waals surface area contributed by atoms with Crippen molar-refractivity contribution in [3.63, 3.8) is 0 Å². The minimum Gasteiger partial charge on any atom is -0.341 e. The van der Waals surface area contributed by atoms with Crippen LogP contribution < -0.4 is 0 Å². The first kappa shape index (κ1) is 17.0. The zero-order valence-corrected chi connectivity index (χ0v) is 15.3. The number of para-hydroxylation sites is 1. The summed E-state index contributed by atoms with van der Waals surface area (Å²) in [6, 6.07) is 15.9. The van der Waals surface area contributed by atoms with Crippen molar-refractivity contribution in [3.05, 3.63) is 84.1 Å². The lowest BCUT2D eigenvalue weighted by molar-refractivity contribution is 0.0736. The molecule has 6 nitrogen and oxygen atoms in total. The van der Waals surface area contributed by atoms with Gasteiger partial charge in [-0.25, -0.2) is 0 Å². The molecule has 3 heterocycles. The molecule has 4 rings (SSSR count). The highest BCUT2D eigenvalue weighted by atomic mass is 16.2. The molecule has 0 spiro atoms. The van der Waals surface area contributed by atoms with Gasteiger partial charge in [-0.15, -0.1) is 0 Å². The van der Waals surface area contributed by atoms with Crippen molar-refractivity contribution in [1.82, 2.24) is 24.6 Å². The highest BCUT2D eigenvalue weighted by Crippen LogP contribution is 2.20. The summed E-state index contributed by atoms with van der Waals surface area (Å²) < 4.78 is 2.14. The van der Waals surface area contributed by atoms with Crippen LogP contribution in [-0.4, -0.2) is 37.6 Å². The Morgan fingerprint density at radius 1 is 1.19 bits per heavy atom. The number of nitrogens with one attached hydrogen (secondary N) is 1. The minimum atomic E-state index is -0.112. The zero-order chi connectivity index (χ0) is 18.8. The van der Waals surface area contributed by atoms with Crippen molar-refractivity contribution in [1.29, 1.82) is 0 Å². The molecule has 136 valence electrons. The number of rotatable bonds is 5. The Morgan fingerprint density at radius 2 is 1.96 bits per heavy atom. The van der Waals surface area contributed by atoms with Crippen molar-refractivity contribution in [2.45, 2.75) is 19.5 Å². The van der Waals surface area contributed by atoms with Crippen molar-refractivity contribution in [2.75, 3.05) is 7.05 Å². The Balaban J connectivity index is 1.51. The van der Waals surface area contributed by atoms with E-state index in [0.29, 0.717) is 12.2 Å². The fourth-order valence-corrected chi connectivity index (χ4v) is 3.24. The molecule has 0 aliphatic rings. The van der Waals surface area contributed by atoms with Gasteiger partial charge >= 0.3 is 0 Å². The maximum absolute atomic E-state index is 12.8. The summed E-state index contributed by atoms with van der Waals surface area (Å²) in [7, 11) is 1.79. The summed E-state index contributed by atoms with van der Waals surface area (Å²) in [6.45, 7) is 2.63. The van der Waals surface area contributed by atoms with Crippen LogP contribution in [0.3, 0.4) is 0 Å². The SMILES string of the molecule is CC(c1ccncc1)N(C)C(=O)c1cc(Cn2ccc3ccccc32)[nH]n1. The number of fused-ring (bicyclic) bond motifs is 1. The monoisotopic (exact) mass is 359 g/mol. The first-order valence-electron chi connectivity index (χ1n) is 8.89. The van der Waals surface area contributed by atoms with Gasteiger partial charge in [-0.05, 0) is 48.2 Å². The molecule has 0 aliphatic carbocycles. The highest BCUT2D eigenvalue weighted by molar-refractivity contribution is 5.92. The van der Waals surface area contributed by atoms with Crippen LogP contribution in [0.2, 0.25) is 0 Å². The summed E-state index contributed by atoms with van der Waals surface area (Å²) in [5.74, 6) is -0.112. The number of aromatic amines is 1. The number of carbonyl (C=O) groups is 1. The van der Waals surface area contributed by atoms with E-state index in [1.54, 1.807) is 24.3 Å². The number of nitrogens with zero attached hydrogens (tertiary/aromatic N) is 4. The molecular formula is C21H21N5O. The molecule has 1 unspecified atom stereocenters. The van der Waals surface area contributed by atoms with E-state index in [1.807, 2.05) is 43.5 Å². The smallest absolute Gasteiger partial charge is 0.274 e. The molecule has 0 fully saturated rings. The molecular weight excluding hydrogens is 338 g/mol. The van der Waals surface area contributed by atoms with E-state index in [4.69, 9.17) is 0 Å². The Bertz CT molecular complexity index is 1070. The molecule has 0 saturated carbocycles. The molecule has 4 aromatic rings. The van der Waals surface area contributed by atoms with Gasteiger partial charge in [0.25, 0.3) is 5.91 Å².